The Bertz CT molecular complexity index is 1100. The number of benzene rings is 2. The van der Waals surface area contributed by atoms with Gasteiger partial charge in [-0.25, -0.2) is 4.79 Å². The smallest absolute Gasteiger partial charge is 0.335 e. The first kappa shape index (κ1) is 15.4. The molecule has 25 heavy (non-hydrogen) atoms. The van der Waals surface area contributed by atoms with Crippen molar-refractivity contribution in [3.05, 3.63) is 80.7 Å². The van der Waals surface area contributed by atoms with Crippen molar-refractivity contribution in [1.82, 2.24) is 0 Å². The largest absolute Gasteiger partial charge is 0.478 e. The molecule has 0 aliphatic heterocycles. The monoisotopic (exact) mass is 332 g/mol. The number of hydrogen-bond donors (Lipinski definition) is 1. The highest BCUT2D eigenvalue weighted by Crippen LogP contribution is 2.34. The number of allylic oxidation sites excluding steroid dienone is 1. The van der Waals surface area contributed by atoms with Gasteiger partial charge in [-0.1, -0.05) is 29.8 Å². The minimum Gasteiger partial charge on any atom is -0.478 e. The lowest BCUT2D eigenvalue weighted by molar-refractivity contribution is 0.0697. The number of carbonyl (C=O) groups is 1. The van der Waals surface area contributed by atoms with E-state index in [9.17, 15) is 9.59 Å². The summed E-state index contributed by atoms with van der Waals surface area (Å²) >= 11 is 0. The quantitative estimate of drug-likeness (QED) is 0.760. The molecule has 4 rings (SSSR count). The van der Waals surface area contributed by atoms with Crippen LogP contribution in [-0.4, -0.2) is 11.1 Å². The lowest BCUT2D eigenvalue weighted by Crippen LogP contribution is -2.09. The lowest BCUT2D eigenvalue weighted by atomic mass is 10.1. The van der Waals surface area contributed by atoms with Gasteiger partial charge in [-0.15, -0.1) is 0 Å². The Hall–Kier alpha value is -3.14. The zero-order valence-electron chi connectivity index (χ0n) is 13.7. The molecule has 1 heterocycles. The van der Waals surface area contributed by atoms with Gasteiger partial charge < -0.3 is 9.52 Å². The van der Waals surface area contributed by atoms with E-state index in [1.165, 1.54) is 17.7 Å². The van der Waals surface area contributed by atoms with Crippen molar-refractivity contribution in [1.29, 1.82) is 0 Å². The van der Waals surface area contributed by atoms with Crippen molar-refractivity contribution in [2.75, 3.05) is 0 Å². The van der Waals surface area contributed by atoms with Crippen LogP contribution in [0.4, 0.5) is 0 Å². The number of aryl methyl sites for hydroxylation is 1. The third-order valence-corrected chi connectivity index (χ3v) is 4.55. The van der Waals surface area contributed by atoms with Crippen molar-refractivity contribution in [2.24, 2.45) is 0 Å². The fraction of sp³-hybridized carbons (Fsp3) is 0.143. The highest BCUT2D eigenvalue weighted by molar-refractivity contribution is 5.94. The van der Waals surface area contributed by atoms with E-state index in [1.54, 1.807) is 6.07 Å². The van der Waals surface area contributed by atoms with E-state index >= 15 is 0 Å². The SMILES string of the molecule is Cc1cccc(/C=C2\CCc3c2oc2ccc(C(=O)O)cc2c3=O)c1. The van der Waals surface area contributed by atoms with E-state index in [2.05, 4.69) is 12.1 Å². The number of carboxylic acid groups (broad SMARTS) is 1. The molecule has 1 aliphatic carbocycles. The van der Waals surface area contributed by atoms with Crippen LogP contribution in [-0.2, 0) is 6.42 Å². The molecule has 1 aromatic heterocycles. The van der Waals surface area contributed by atoms with Crippen LogP contribution in [0.25, 0.3) is 22.6 Å². The highest BCUT2D eigenvalue weighted by atomic mass is 16.4. The Morgan fingerprint density at radius 3 is 2.76 bits per heavy atom. The van der Waals surface area contributed by atoms with Crippen LogP contribution < -0.4 is 5.43 Å². The maximum absolute atomic E-state index is 12.8. The summed E-state index contributed by atoms with van der Waals surface area (Å²) in [5, 5.41) is 9.44. The van der Waals surface area contributed by atoms with Gasteiger partial charge >= 0.3 is 5.97 Å². The first-order valence-corrected chi connectivity index (χ1v) is 8.13. The molecule has 1 aliphatic rings. The molecule has 1 N–H and O–H groups in total. The first-order chi connectivity index (χ1) is 12.0. The second-order valence-electron chi connectivity index (χ2n) is 6.34. The third-order valence-electron chi connectivity index (χ3n) is 4.55. The van der Waals surface area contributed by atoms with Crippen molar-refractivity contribution in [3.8, 4) is 0 Å². The lowest BCUT2D eigenvalue weighted by Gasteiger charge is -2.05. The predicted octanol–water partition coefficient (Wildman–Crippen LogP) is 4.29. The van der Waals surface area contributed by atoms with Crippen molar-refractivity contribution in [3.63, 3.8) is 0 Å². The Kier molecular flexibility index (Phi) is 3.53. The minimum atomic E-state index is -1.05. The normalized spacial score (nSPS) is 14.8. The van der Waals surface area contributed by atoms with E-state index in [4.69, 9.17) is 9.52 Å². The van der Waals surface area contributed by atoms with Gasteiger partial charge in [0.1, 0.15) is 11.3 Å². The summed E-state index contributed by atoms with van der Waals surface area (Å²) in [6, 6.07) is 12.6. The predicted molar refractivity (Wildman–Crippen MR) is 96.8 cm³/mol. The van der Waals surface area contributed by atoms with Crippen LogP contribution in [0.1, 0.15) is 39.2 Å². The van der Waals surface area contributed by atoms with E-state index in [0.717, 1.165) is 17.6 Å². The molecule has 0 spiro atoms. The molecule has 0 fully saturated rings. The molecule has 0 unspecified atom stereocenters. The van der Waals surface area contributed by atoms with Gasteiger partial charge in [-0.2, -0.15) is 0 Å². The fourth-order valence-corrected chi connectivity index (χ4v) is 3.33. The molecule has 0 amide bonds. The highest BCUT2D eigenvalue weighted by Gasteiger charge is 2.24. The molecule has 0 saturated carbocycles. The second kappa shape index (κ2) is 5.74. The zero-order chi connectivity index (χ0) is 17.6. The number of carboxylic acids is 1. The molecule has 0 atom stereocenters. The number of rotatable bonds is 2. The van der Waals surface area contributed by atoms with Gasteiger partial charge in [-0.05, 0) is 55.2 Å². The van der Waals surface area contributed by atoms with Crippen LogP contribution >= 0.6 is 0 Å². The number of aromatic carboxylic acids is 1. The molecule has 0 saturated heterocycles. The number of hydrogen-bond acceptors (Lipinski definition) is 3. The van der Waals surface area contributed by atoms with Crippen LogP contribution in [0.15, 0.2) is 51.7 Å². The van der Waals surface area contributed by atoms with E-state index in [0.29, 0.717) is 28.7 Å². The summed E-state index contributed by atoms with van der Waals surface area (Å²) in [7, 11) is 0. The summed E-state index contributed by atoms with van der Waals surface area (Å²) in [6.45, 7) is 2.04. The molecule has 0 radical (unpaired) electrons. The molecular formula is C21H16O4. The second-order valence-corrected chi connectivity index (χ2v) is 6.34. The Morgan fingerprint density at radius 1 is 1.16 bits per heavy atom. The topological polar surface area (TPSA) is 67.5 Å². The summed E-state index contributed by atoms with van der Waals surface area (Å²) < 4.78 is 5.97. The molecule has 4 heteroatoms. The number of fused-ring (bicyclic) bond motifs is 2. The van der Waals surface area contributed by atoms with Crippen molar-refractivity contribution >= 4 is 28.6 Å². The summed E-state index contributed by atoms with van der Waals surface area (Å²) in [6.07, 6.45) is 3.41. The van der Waals surface area contributed by atoms with Crippen LogP contribution in [0.3, 0.4) is 0 Å². The third kappa shape index (κ3) is 2.66. The Labute approximate surface area is 144 Å². The molecule has 124 valence electrons. The van der Waals surface area contributed by atoms with Gasteiger partial charge in [0, 0.05) is 5.56 Å². The maximum atomic E-state index is 12.8. The molecular weight excluding hydrogens is 316 g/mol. The summed E-state index contributed by atoms with van der Waals surface area (Å²) in [5.74, 6) is -0.427. The van der Waals surface area contributed by atoms with Gasteiger partial charge in [0.05, 0.1) is 10.9 Å². The fourth-order valence-electron chi connectivity index (χ4n) is 3.33. The Morgan fingerprint density at radius 2 is 2.00 bits per heavy atom. The van der Waals surface area contributed by atoms with Gasteiger partial charge in [0.15, 0.2) is 5.43 Å². The first-order valence-electron chi connectivity index (χ1n) is 8.13. The molecule has 4 nitrogen and oxygen atoms in total. The van der Waals surface area contributed by atoms with Crippen LogP contribution in [0, 0.1) is 6.92 Å². The van der Waals surface area contributed by atoms with E-state index in [1.807, 2.05) is 25.1 Å². The van der Waals surface area contributed by atoms with Crippen LogP contribution in [0.5, 0.6) is 0 Å². The average molecular weight is 332 g/mol. The van der Waals surface area contributed by atoms with Gasteiger partial charge in [-0.3, -0.25) is 4.79 Å². The summed E-state index contributed by atoms with van der Waals surface area (Å²) in [5.41, 5.74) is 4.27. The molecule has 0 bridgehead atoms. The van der Waals surface area contributed by atoms with Crippen LogP contribution in [0.2, 0.25) is 0 Å². The van der Waals surface area contributed by atoms with E-state index < -0.39 is 5.97 Å². The van der Waals surface area contributed by atoms with E-state index in [-0.39, 0.29) is 11.0 Å². The molecule has 2 aromatic carbocycles. The standard InChI is InChI=1S/C21H16O4/c1-12-3-2-4-13(9-12)10-14-5-7-16-19(22)17-11-15(21(23)24)6-8-18(17)25-20(14)16/h2-4,6,8-11H,5,7H2,1H3,(H,23,24)/b14-10+. The van der Waals surface area contributed by atoms with Crippen molar-refractivity contribution < 1.29 is 14.3 Å². The zero-order valence-corrected chi connectivity index (χ0v) is 13.7. The van der Waals surface area contributed by atoms with Crippen molar-refractivity contribution in [2.45, 2.75) is 19.8 Å². The summed E-state index contributed by atoms with van der Waals surface area (Å²) in [4.78, 5) is 23.9. The van der Waals surface area contributed by atoms with Gasteiger partial charge in [0.25, 0.3) is 0 Å². The minimum absolute atomic E-state index is 0.0910. The Balaban J connectivity index is 1.88. The maximum Gasteiger partial charge on any atom is 0.335 e. The average Bonchev–Trinajstić information content (AvgIpc) is 2.98. The molecule has 3 aromatic rings. The van der Waals surface area contributed by atoms with Gasteiger partial charge in [0.2, 0.25) is 0 Å².